The second-order valence-electron chi connectivity index (χ2n) is 3.22. The van der Waals surface area contributed by atoms with Crippen LogP contribution in [0, 0.1) is 0 Å². The summed E-state index contributed by atoms with van der Waals surface area (Å²) in [6.07, 6.45) is 3.75. The molecule has 17 heavy (non-hydrogen) atoms. The quantitative estimate of drug-likeness (QED) is 0.423. The van der Waals surface area contributed by atoms with Crippen molar-refractivity contribution in [3.63, 3.8) is 0 Å². The minimum Gasteiger partial charge on any atom is -0.287 e. The molecule has 0 spiro atoms. The zero-order valence-corrected chi connectivity index (χ0v) is 11.4. The molecule has 0 aliphatic heterocycles. The highest BCUT2D eigenvalue weighted by molar-refractivity contribution is 5.91. The predicted octanol–water partition coefficient (Wildman–Crippen LogP) is 2.90. The van der Waals surface area contributed by atoms with E-state index in [4.69, 9.17) is 0 Å². The van der Waals surface area contributed by atoms with Crippen LogP contribution in [0.3, 0.4) is 0 Å². The number of hydrogen-bond donors (Lipinski definition) is 2. The van der Waals surface area contributed by atoms with E-state index in [1.807, 2.05) is 32.9 Å². The van der Waals surface area contributed by atoms with Crippen molar-refractivity contribution in [3.05, 3.63) is 48.6 Å². The van der Waals surface area contributed by atoms with Crippen LogP contribution in [0.4, 0.5) is 0 Å². The second-order valence-corrected chi connectivity index (χ2v) is 3.22. The molecule has 0 atom stereocenters. The van der Waals surface area contributed by atoms with Gasteiger partial charge in [0.15, 0.2) is 0 Å². The van der Waals surface area contributed by atoms with Gasteiger partial charge in [0.1, 0.15) is 0 Å². The Morgan fingerprint density at radius 2 is 1.76 bits per heavy atom. The van der Waals surface area contributed by atoms with Gasteiger partial charge in [-0.15, -0.1) is 0 Å². The molecule has 0 saturated carbocycles. The summed E-state index contributed by atoms with van der Waals surface area (Å²) in [7, 11) is 0. The molecule has 1 amide bonds. The van der Waals surface area contributed by atoms with E-state index in [1.165, 1.54) is 0 Å². The molecular formula is C14H24N2O. The van der Waals surface area contributed by atoms with Gasteiger partial charge in [0.25, 0.3) is 5.91 Å². The van der Waals surface area contributed by atoms with E-state index in [1.54, 1.807) is 6.92 Å². The molecule has 0 radical (unpaired) electrons. The van der Waals surface area contributed by atoms with Crippen molar-refractivity contribution in [1.29, 1.82) is 0 Å². The zero-order valence-electron chi connectivity index (χ0n) is 11.4. The van der Waals surface area contributed by atoms with Crippen molar-refractivity contribution in [1.82, 2.24) is 10.9 Å². The first kappa shape index (κ1) is 17.8. The lowest BCUT2D eigenvalue weighted by Gasteiger charge is -2.09. The summed E-state index contributed by atoms with van der Waals surface area (Å²) in [5, 5.41) is 0. The van der Waals surface area contributed by atoms with Crippen LogP contribution in [0.5, 0.6) is 0 Å². The molecule has 0 heterocycles. The standard InChI is InChI=1S/C12H18N2O.C2H6/c1-6-7-10(4)11(5)8-13-14-12(15)9(2)3;1-2/h6-7,13H,2,4-5,8H2,1,3H3,(H,14,15);1-2H3/b7-6-;. The third kappa shape index (κ3) is 9.33. The Morgan fingerprint density at radius 1 is 1.24 bits per heavy atom. The van der Waals surface area contributed by atoms with Crippen LogP contribution in [0.1, 0.15) is 27.7 Å². The Hall–Kier alpha value is -1.61. The van der Waals surface area contributed by atoms with E-state index in [9.17, 15) is 4.79 Å². The first-order chi connectivity index (χ1) is 7.99. The fourth-order valence-corrected chi connectivity index (χ4v) is 0.770. The highest BCUT2D eigenvalue weighted by Gasteiger charge is 2.00. The zero-order chi connectivity index (χ0) is 13.8. The molecule has 0 saturated heterocycles. The van der Waals surface area contributed by atoms with Crippen molar-refractivity contribution >= 4 is 5.91 Å². The van der Waals surface area contributed by atoms with Gasteiger partial charge in [-0.25, -0.2) is 5.43 Å². The molecule has 0 aromatic carbocycles. The molecule has 0 aliphatic carbocycles. The number of amides is 1. The average Bonchev–Trinajstić information content (AvgIpc) is 2.31. The maximum atomic E-state index is 11.1. The summed E-state index contributed by atoms with van der Waals surface area (Å²) >= 11 is 0. The minimum absolute atomic E-state index is 0.223. The molecule has 0 aromatic rings. The Labute approximate surface area is 105 Å². The lowest BCUT2D eigenvalue weighted by Crippen LogP contribution is -2.38. The van der Waals surface area contributed by atoms with Gasteiger partial charge in [0.2, 0.25) is 0 Å². The van der Waals surface area contributed by atoms with Crippen molar-refractivity contribution < 1.29 is 4.79 Å². The molecule has 0 rings (SSSR count). The van der Waals surface area contributed by atoms with Gasteiger partial charge >= 0.3 is 0 Å². The van der Waals surface area contributed by atoms with E-state index in [-0.39, 0.29) is 5.91 Å². The van der Waals surface area contributed by atoms with Gasteiger partial charge in [-0.3, -0.25) is 10.2 Å². The van der Waals surface area contributed by atoms with Gasteiger partial charge < -0.3 is 0 Å². The molecule has 2 N–H and O–H groups in total. The van der Waals surface area contributed by atoms with Gasteiger partial charge in [-0.05, 0) is 25.0 Å². The average molecular weight is 236 g/mol. The molecule has 0 aliphatic rings. The Balaban J connectivity index is 0. The molecule has 96 valence electrons. The van der Waals surface area contributed by atoms with E-state index in [2.05, 4.69) is 30.6 Å². The van der Waals surface area contributed by atoms with Gasteiger partial charge in [0, 0.05) is 12.1 Å². The van der Waals surface area contributed by atoms with E-state index in [0.29, 0.717) is 12.1 Å². The number of carbonyl (C=O) groups excluding carboxylic acids is 1. The number of carbonyl (C=O) groups is 1. The fraction of sp³-hybridized carbons (Fsp3) is 0.357. The molecule has 0 bridgehead atoms. The number of hydrogen-bond acceptors (Lipinski definition) is 2. The SMILES string of the molecule is C=C(C)C(=O)NNCC(=C)C(=C)/C=C\C.CC. The van der Waals surface area contributed by atoms with Crippen LogP contribution in [0.25, 0.3) is 0 Å². The molecular weight excluding hydrogens is 212 g/mol. The molecule has 0 fully saturated rings. The maximum Gasteiger partial charge on any atom is 0.260 e. The largest absolute Gasteiger partial charge is 0.287 e. The molecule has 0 aromatic heterocycles. The Kier molecular flexibility index (Phi) is 11.4. The van der Waals surface area contributed by atoms with Gasteiger partial charge in [-0.1, -0.05) is 45.7 Å². The van der Waals surface area contributed by atoms with E-state index in [0.717, 1.165) is 11.1 Å². The highest BCUT2D eigenvalue weighted by atomic mass is 16.2. The first-order valence-electron chi connectivity index (χ1n) is 5.67. The Bertz CT molecular complexity index is 314. The summed E-state index contributed by atoms with van der Waals surface area (Å²) in [6, 6.07) is 0. The van der Waals surface area contributed by atoms with Crippen LogP contribution in [0.2, 0.25) is 0 Å². The lowest BCUT2D eigenvalue weighted by atomic mass is 10.1. The topological polar surface area (TPSA) is 41.1 Å². The number of allylic oxidation sites excluding steroid dienone is 2. The summed E-state index contributed by atoms with van der Waals surface area (Å²) in [4.78, 5) is 11.1. The minimum atomic E-state index is -0.223. The fourth-order valence-electron chi connectivity index (χ4n) is 0.770. The van der Waals surface area contributed by atoms with E-state index < -0.39 is 0 Å². The van der Waals surface area contributed by atoms with Crippen LogP contribution in [0.15, 0.2) is 48.6 Å². The molecule has 3 heteroatoms. The van der Waals surface area contributed by atoms with Crippen molar-refractivity contribution in [2.45, 2.75) is 27.7 Å². The Morgan fingerprint density at radius 3 is 2.18 bits per heavy atom. The van der Waals surface area contributed by atoms with Gasteiger partial charge in [-0.2, -0.15) is 0 Å². The third-order valence-electron chi connectivity index (χ3n) is 1.71. The third-order valence-corrected chi connectivity index (χ3v) is 1.71. The number of nitrogens with one attached hydrogen (secondary N) is 2. The highest BCUT2D eigenvalue weighted by Crippen LogP contribution is 2.04. The predicted molar refractivity (Wildman–Crippen MR) is 75.4 cm³/mol. The normalized spacial score (nSPS) is 9.18. The summed E-state index contributed by atoms with van der Waals surface area (Å²) in [5.41, 5.74) is 7.38. The maximum absolute atomic E-state index is 11.1. The van der Waals surface area contributed by atoms with Crippen LogP contribution < -0.4 is 10.9 Å². The summed E-state index contributed by atoms with van der Waals surface area (Å²) < 4.78 is 0. The van der Waals surface area contributed by atoms with Gasteiger partial charge in [0.05, 0.1) is 0 Å². The second kappa shape index (κ2) is 10.9. The van der Waals surface area contributed by atoms with Crippen LogP contribution in [-0.2, 0) is 4.79 Å². The molecule has 0 unspecified atom stereocenters. The first-order valence-corrected chi connectivity index (χ1v) is 5.67. The van der Waals surface area contributed by atoms with Crippen LogP contribution in [-0.4, -0.2) is 12.5 Å². The van der Waals surface area contributed by atoms with Crippen LogP contribution >= 0.6 is 0 Å². The van der Waals surface area contributed by atoms with Crippen molar-refractivity contribution in [3.8, 4) is 0 Å². The molecule has 3 nitrogen and oxygen atoms in total. The van der Waals surface area contributed by atoms with E-state index >= 15 is 0 Å². The smallest absolute Gasteiger partial charge is 0.260 e. The lowest BCUT2D eigenvalue weighted by molar-refractivity contribution is -0.118. The number of hydrazine groups is 1. The monoisotopic (exact) mass is 236 g/mol. The van der Waals surface area contributed by atoms with Crippen molar-refractivity contribution in [2.24, 2.45) is 0 Å². The number of rotatable bonds is 6. The van der Waals surface area contributed by atoms with Crippen molar-refractivity contribution in [2.75, 3.05) is 6.54 Å². The summed E-state index contributed by atoms with van der Waals surface area (Å²) in [5.74, 6) is -0.223. The summed E-state index contributed by atoms with van der Waals surface area (Å²) in [6.45, 7) is 19.2.